The van der Waals surface area contributed by atoms with E-state index in [4.69, 9.17) is 27.5 Å². The number of carbonyl (C=O) groups excluding carboxylic acids is 2. The van der Waals surface area contributed by atoms with Crippen LogP contribution in [-0.2, 0) is 27.1 Å². The molecule has 0 N–H and O–H groups in total. The van der Waals surface area contributed by atoms with Crippen LogP contribution in [0, 0.1) is 12.3 Å². The van der Waals surface area contributed by atoms with Crippen LogP contribution < -0.4 is 4.90 Å². The number of amides is 1. The lowest BCUT2D eigenvalue weighted by Crippen LogP contribution is -2.37. The zero-order valence-electron chi connectivity index (χ0n) is 21.8. The first-order valence-corrected chi connectivity index (χ1v) is 12.9. The Morgan fingerprint density at radius 2 is 1.84 bits per heavy atom. The maximum atomic E-state index is 12.8. The zero-order chi connectivity index (χ0) is 26.8. The molecule has 3 rings (SSSR count). The van der Waals surface area contributed by atoms with Crippen LogP contribution in [-0.4, -0.2) is 48.8 Å². The number of hydrogen-bond donors (Lipinski definition) is 0. The molecule has 0 atom stereocenters. The van der Waals surface area contributed by atoms with E-state index in [0.29, 0.717) is 11.6 Å². The van der Waals surface area contributed by atoms with E-state index in [1.54, 1.807) is 11.0 Å². The van der Waals surface area contributed by atoms with Crippen molar-refractivity contribution in [2.45, 2.75) is 52.1 Å². The minimum atomic E-state index is -0.622. The Bertz CT molecular complexity index is 1160. The van der Waals surface area contributed by atoms with Gasteiger partial charge in [-0.15, -0.1) is 6.42 Å². The summed E-state index contributed by atoms with van der Waals surface area (Å²) in [6, 6.07) is 14.6. The van der Waals surface area contributed by atoms with E-state index in [9.17, 15) is 9.59 Å². The minimum absolute atomic E-state index is 0.0904. The molecule has 0 radical (unpaired) electrons. The first-order chi connectivity index (χ1) is 17.7. The van der Waals surface area contributed by atoms with Crippen LogP contribution >= 0.6 is 11.6 Å². The minimum Gasteiger partial charge on any atom is -0.449 e. The number of unbranched alkanes of at least 4 members (excludes halogenated alkanes) is 1. The van der Waals surface area contributed by atoms with Crippen LogP contribution in [0.4, 0.5) is 16.2 Å². The first-order valence-electron chi connectivity index (χ1n) is 12.6. The lowest BCUT2D eigenvalue weighted by molar-refractivity contribution is -0.136. The van der Waals surface area contributed by atoms with Gasteiger partial charge in [0.25, 0.3) is 0 Å². The molecule has 6 nitrogen and oxygen atoms in total. The molecule has 0 aromatic heterocycles. The van der Waals surface area contributed by atoms with Crippen LogP contribution in [0.15, 0.2) is 54.6 Å². The number of terminal acetylenes is 1. The number of aryl methyl sites for hydroxylation is 2. The Kier molecular flexibility index (Phi) is 10.0. The highest BCUT2D eigenvalue weighted by Crippen LogP contribution is 2.37. The fourth-order valence-electron chi connectivity index (χ4n) is 4.22. The van der Waals surface area contributed by atoms with Gasteiger partial charge in [-0.25, -0.2) is 9.59 Å². The van der Waals surface area contributed by atoms with Gasteiger partial charge < -0.3 is 19.3 Å². The third-order valence-electron chi connectivity index (χ3n) is 5.87. The van der Waals surface area contributed by atoms with Gasteiger partial charge in [-0.3, -0.25) is 0 Å². The topological polar surface area (TPSA) is 59.1 Å². The summed E-state index contributed by atoms with van der Waals surface area (Å²) in [4.78, 5) is 28.5. The molecule has 0 aliphatic carbocycles. The molecular weight excluding hydrogens is 488 g/mol. The second kappa shape index (κ2) is 13.2. The van der Waals surface area contributed by atoms with Gasteiger partial charge in [-0.1, -0.05) is 47.9 Å². The van der Waals surface area contributed by atoms with E-state index in [-0.39, 0.29) is 13.2 Å². The van der Waals surface area contributed by atoms with Crippen LogP contribution in [0.5, 0.6) is 0 Å². The second-order valence-electron chi connectivity index (χ2n) is 9.90. The van der Waals surface area contributed by atoms with Gasteiger partial charge in [0.1, 0.15) is 5.60 Å². The van der Waals surface area contributed by atoms with Gasteiger partial charge in [0, 0.05) is 42.1 Å². The molecule has 1 amide bonds. The highest BCUT2D eigenvalue weighted by Gasteiger charge is 2.23. The van der Waals surface area contributed by atoms with Crippen molar-refractivity contribution in [2.75, 3.05) is 31.1 Å². The number of carbonyl (C=O) groups is 2. The summed E-state index contributed by atoms with van der Waals surface area (Å²) in [7, 11) is 0. The number of halogens is 1. The van der Waals surface area contributed by atoms with Crippen molar-refractivity contribution in [1.82, 2.24) is 4.90 Å². The quantitative estimate of drug-likeness (QED) is 0.167. The predicted molar refractivity (Wildman–Crippen MR) is 148 cm³/mol. The zero-order valence-corrected chi connectivity index (χ0v) is 22.6. The molecule has 37 heavy (non-hydrogen) atoms. The monoisotopic (exact) mass is 522 g/mol. The van der Waals surface area contributed by atoms with Gasteiger partial charge >= 0.3 is 12.1 Å². The van der Waals surface area contributed by atoms with Gasteiger partial charge in [-0.2, -0.15) is 0 Å². The molecule has 2 aromatic rings. The molecule has 1 heterocycles. The SMILES string of the molecule is C#CCOC(=O)/C=C/CN(CCCCN1c2ccccc2CCc2ccc(Cl)cc21)C(=O)OC(C)(C)C. The number of hydrogen-bond acceptors (Lipinski definition) is 5. The average Bonchev–Trinajstić information content (AvgIpc) is 2.99. The summed E-state index contributed by atoms with van der Waals surface area (Å²) in [5, 5.41) is 0.715. The maximum absolute atomic E-state index is 12.8. The fourth-order valence-corrected chi connectivity index (χ4v) is 4.38. The lowest BCUT2D eigenvalue weighted by atomic mass is 10.0. The average molecular weight is 523 g/mol. The fraction of sp³-hybridized carbons (Fsp3) is 0.400. The number of ether oxygens (including phenoxy) is 2. The number of anilines is 2. The third-order valence-corrected chi connectivity index (χ3v) is 6.11. The van der Waals surface area contributed by atoms with E-state index >= 15 is 0 Å². The Morgan fingerprint density at radius 1 is 1.11 bits per heavy atom. The molecule has 2 aromatic carbocycles. The Balaban J connectivity index is 1.68. The highest BCUT2D eigenvalue weighted by molar-refractivity contribution is 6.30. The molecule has 0 bridgehead atoms. The molecule has 1 aliphatic rings. The number of fused-ring (bicyclic) bond motifs is 2. The summed E-state index contributed by atoms with van der Waals surface area (Å²) in [6.45, 7) is 6.88. The van der Waals surface area contributed by atoms with Crippen molar-refractivity contribution in [3.05, 3.63) is 70.8 Å². The summed E-state index contributed by atoms with van der Waals surface area (Å²) in [5.74, 6) is 1.71. The van der Waals surface area contributed by atoms with Crippen molar-refractivity contribution < 1.29 is 19.1 Å². The smallest absolute Gasteiger partial charge is 0.410 e. The molecule has 196 valence electrons. The number of para-hydroxylation sites is 1. The normalized spacial score (nSPS) is 12.8. The Hall–Kier alpha value is -3.43. The van der Waals surface area contributed by atoms with E-state index < -0.39 is 17.7 Å². The molecule has 0 unspecified atom stereocenters. The van der Waals surface area contributed by atoms with Crippen LogP contribution in [0.1, 0.15) is 44.7 Å². The number of nitrogens with zero attached hydrogens (tertiary/aromatic N) is 2. The first kappa shape index (κ1) is 28.1. The molecule has 0 saturated carbocycles. The second-order valence-corrected chi connectivity index (χ2v) is 10.3. The molecule has 0 spiro atoms. The van der Waals surface area contributed by atoms with Crippen LogP contribution in [0.3, 0.4) is 0 Å². The standard InChI is InChI=1S/C30H35ClN2O4/c1-5-21-36-28(34)13-10-19-32(29(35)37-30(2,3)4)18-8-9-20-33-26-12-7-6-11-23(26)14-15-24-16-17-25(31)22-27(24)33/h1,6-7,10-13,16-17,22H,8-9,14-15,18-21H2,2-4H3/b13-10+. The molecule has 0 fully saturated rings. The predicted octanol–water partition coefficient (Wildman–Crippen LogP) is 6.33. The number of benzene rings is 2. The van der Waals surface area contributed by atoms with E-state index in [0.717, 1.165) is 37.9 Å². The van der Waals surface area contributed by atoms with Crippen molar-refractivity contribution in [2.24, 2.45) is 0 Å². The summed E-state index contributed by atoms with van der Waals surface area (Å²) in [5.41, 5.74) is 4.30. The maximum Gasteiger partial charge on any atom is 0.410 e. The lowest BCUT2D eigenvalue weighted by Gasteiger charge is -2.29. The molecule has 1 aliphatic heterocycles. The molecule has 7 heteroatoms. The Morgan fingerprint density at radius 3 is 2.57 bits per heavy atom. The van der Waals surface area contributed by atoms with Crippen molar-refractivity contribution >= 4 is 35.0 Å². The number of rotatable bonds is 9. The summed E-state index contributed by atoms with van der Waals surface area (Å²) < 4.78 is 10.4. The van der Waals surface area contributed by atoms with Crippen LogP contribution in [0.25, 0.3) is 0 Å². The molecular formula is C30H35ClN2O4. The molecule has 0 saturated heterocycles. The van der Waals surface area contributed by atoms with Crippen molar-refractivity contribution in [3.63, 3.8) is 0 Å². The highest BCUT2D eigenvalue weighted by atomic mass is 35.5. The van der Waals surface area contributed by atoms with Crippen molar-refractivity contribution in [1.29, 1.82) is 0 Å². The van der Waals surface area contributed by atoms with Crippen molar-refractivity contribution in [3.8, 4) is 12.3 Å². The van der Waals surface area contributed by atoms with E-state index in [1.165, 1.54) is 22.9 Å². The van der Waals surface area contributed by atoms with Gasteiger partial charge in [0.2, 0.25) is 0 Å². The van der Waals surface area contributed by atoms with Gasteiger partial charge in [0.05, 0.1) is 0 Å². The largest absolute Gasteiger partial charge is 0.449 e. The van der Waals surface area contributed by atoms with Gasteiger partial charge in [-0.05, 0) is 75.8 Å². The Labute approximate surface area is 225 Å². The summed E-state index contributed by atoms with van der Waals surface area (Å²) >= 11 is 6.38. The number of esters is 1. The van der Waals surface area contributed by atoms with Gasteiger partial charge in [0.15, 0.2) is 6.61 Å². The van der Waals surface area contributed by atoms with Crippen LogP contribution in [0.2, 0.25) is 5.02 Å². The third kappa shape index (κ3) is 8.58. The van der Waals surface area contributed by atoms with E-state index in [2.05, 4.69) is 41.2 Å². The van der Waals surface area contributed by atoms with E-state index in [1.807, 2.05) is 32.9 Å². The summed E-state index contributed by atoms with van der Waals surface area (Å²) in [6.07, 6.45) is 11.1.